The number of nitrogens with one attached hydrogen (secondary N) is 1. The fourth-order valence-electron chi connectivity index (χ4n) is 4.41. The zero-order valence-electron chi connectivity index (χ0n) is 19.9. The number of hydrogen-bond acceptors (Lipinski definition) is 3. The van der Waals surface area contributed by atoms with Crippen LogP contribution in [0.15, 0.2) is 53.3 Å². The summed E-state index contributed by atoms with van der Waals surface area (Å²) in [7, 11) is 0. The largest absolute Gasteiger partial charge is 0.326 e. The van der Waals surface area contributed by atoms with E-state index in [1.54, 1.807) is 4.57 Å². The Balaban J connectivity index is 1.71. The Morgan fingerprint density at radius 1 is 1.00 bits per heavy atom. The van der Waals surface area contributed by atoms with Crippen molar-refractivity contribution in [2.75, 3.05) is 5.32 Å². The average Bonchev–Trinajstić information content (AvgIpc) is 3.11. The molecule has 1 N–H and O–H groups in total. The first-order valence-electron chi connectivity index (χ1n) is 11.3. The number of carbonyl (C=O) groups excluding carboxylic acids is 1. The van der Waals surface area contributed by atoms with Gasteiger partial charge in [-0.1, -0.05) is 29.8 Å². The van der Waals surface area contributed by atoms with Crippen LogP contribution in [0, 0.1) is 27.7 Å². The summed E-state index contributed by atoms with van der Waals surface area (Å²) in [5, 5.41) is 8.69. The van der Waals surface area contributed by atoms with E-state index in [-0.39, 0.29) is 17.9 Å². The lowest BCUT2D eigenvalue weighted by atomic mass is 10.0. The average molecular weight is 443 g/mol. The number of hydrogen-bond donors (Lipinski definition) is 1. The number of fused-ring (bicyclic) bond motifs is 1. The summed E-state index contributed by atoms with van der Waals surface area (Å²) in [6.07, 6.45) is 0.623. The summed E-state index contributed by atoms with van der Waals surface area (Å²) in [5.41, 5.74) is 7.14. The number of anilines is 1. The van der Waals surface area contributed by atoms with E-state index in [9.17, 15) is 9.59 Å². The van der Waals surface area contributed by atoms with E-state index in [4.69, 9.17) is 5.10 Å². The van der Waals surface area contributed by atoms with Crippen molar-refractivity contribution in [1.82, 2.24) is 14.3 Å². The number of aryl methyl sites for hydroxylation is 5. The normalized spacial score (nSPS) is 11.2. The van der Waals surface area contributed by atoms with Crippen LogP contribution in [0.4, 0.5) is 5.69 Å². The van der Waals surface area contributed by atoms with E-state index in [0.29, 0.717) is 18.5 Å². The third-order valence-corrected chi connectivity index (χ3v) is 6.12. The van der Waals surface area contributed by atoms with Crippen LogP contribution in [0.1, 0.15) is 41.3 Å². The highest BCUT2D eigenvalue weighted by molar-refractivity contribution is 5.91. The van der Waals surface area contributed by atoms with Crippen LogP contribution >= 0.6 is 0 Å². The number of nitrogens with zero attached hydrogens (tertiary/aromatic N) is 3. The maximum atomic E-state index is 13.5. The van der Waals surface area contributed by atoms with Crippen molar-refractivity contribution in [1.29, 1.82) is 0 Å². The molecule has 170 valence electrons. The van der Waals surface area contributed by atoms with Crippen molar-refractivity contribution in [2.45, 2.75) is 54.0 Å². The molecule has 2 aromatic carbocycles. The van der Waals surface area contributed by atoms with E-state index in [2.05, 4.69) is 5.32 Å². The third kappa shape index (κ3) is 4.33. The first kappa shape index (κ1) is 22.5. The van der Waals surface area contributed by atoms with E-state index >= 15 is 0 Å². The van der Waals surface area contributed by atoms with Crippen LogP contribution in [0.5, 0.6) is 0 Å². The molecular formula is C27H30N4O2. The van der Waals surface area contributed by atoms with Gasteiger partial charge in [0.15, 0.2) is 0 Å². The van der Waals surface area contributed by atoms with Crippen LogP contribution in [0.25, 0.3) is 16.7 Å². The fourth-order valence-corrected chi connectivity index (χ4v) is 4.41. The van der Waals surface area contributed by atoms with Crippen LogP contribution in [-0.4, -0.2) is 20.3 Å². The van der Waals surface area contributed by atoms with Crippen molar-refractivity contribution in [3.05, 3.63) is 86.8 Å². The molecule has 6 nitrogen and oxygen atoms in total. The van der Waals surface area contributed by atoms with Crippen molar-refractivity contribution < 1.29 is 4.79 Å². The highest BCUT2D eigenvalue weighted by Crippen LogP contribution is 2.26. The molecule has 0 atom stereocenters. The Morgan fingerprint density at radius 3 is 2.39 bits per heavy atom. The minimum atomic E-state index is -0.102. The standard InChI is InChI=1S/C27H30N4O2/c1-6-30-26-25(20(5)29-31(26)22-12-10-17(2)11-13-22)19(4)23(27(30)33)14-15-24(32)28-21-9-7-8-18(3)16-21/h7-13,16H,6,14-15H2,1-5H3,(H,28,32). The van der Waals surface area contributed by atoms with Gasteiger partial charge in [-0.05, 0) is 76.4 Å². The van der Waals surface area contributed by atoms with E-state index < -0.39 is 0 Å². The molecule has 0 aliphatic rings. The lowest BCUT2D eigenvalue weighted by Crippen LogP contribution is -2.27. The predicted octanol–water partition coefficient (Wildman–Crippen LogP) is 5.01. The quantitative estimate of drug-likeness (QED) is 0.456. The van der Waals surface area contributed by atoms with Crippen LogP contribution in [-0.2, 0) is 17.8 Å². The lowest BCUT2D eigenvalue weighted by Gasteiger charge is -2.14. The topological polar surface area (TPSA) is 68.9 Å². The van der Waals surface area contributed by atoms with Gasteiger partial charge in [0.1, 0.15) is 5.65 Å². The van der Waals surface area contributed by atoms with Gasteiger partial charge in [0.2, 0.25) is 5.91 Å². The van der Waals surface area contributed by atoms with Gasteiger partial charge in [0.25, 0.3) is 5.56 Å². The molecule has 2 heterocycles. The maximum absolute atomic E-state index is 13.5. The number of amides is 1. The summed E-state index contributed by atoms with van der Waals surface area (Å²) in [4.78, 5) is 26.1. The summed E-state index contributed by atoms with van der Waals surface area (Å²) < 4.78 is 3.63. The maximum Gasteiger partial charge on any atom is 0.255 e. The smallest absolute Gasteiger partial charge is 0.255 e. The molecule has 0 aliphatic carbocycles. The third-order valence-electron chi connectivity index (χ3n) is 6.12. The van der Waals surface area contributed by atoms with Gasteiger partial charge in [0, 0.05) is 29.6 Å². The molecular weight excluding hydrogens is 412 g/mol. The molecule has 0 bridgehead atoms. The van der Waals surface area contributed by atoms with E-state index in [1.165, 1.54) is 5.56 Å². The van der Waals surface area contributed by atoms with E-state index in [0.717, 1.165) is 39.2 Å². The second kappa shape index (κ2) is 9.06. The summed E-state index contributed by atoms with van der Waals surface area (Å²) in [6, 6.07) is 15.8. The second-order valence-electron chi connectivity index (χ2n) is 8.60. The molecule has 0 saturated carbocycles. The van der Waals surface area contributed by atoms with Gasteiger partial charge in [0.05, 0.1) is 11.4 Å². The minimum Gasteiger partial charge on any atom is -0.326 e. The minimum absolute atomic E-state index is 0.0564. The van der Waals surface area contributed by atoms with Crippen molar-refractivity contribution in [2.24, 2.45) is 0 Å². The van der Waals surface area contributed by atoms with Gasteiger partial charge < -0.3 is 5.32 Å². The molecule has 6 heteroatoms. The van der Waals surface area contributed by atoms with Crippen LogP contribution < -0.4 is 10.9 Å². The first-order valence-corrected chi connectivity index (χ1v) is 11.3. The fraction of sp³-hybridized carbons (Fsp3) is 0.296. The predicted molar refractivity (Wildman–Crippen MR) is 133 cm³/mol. The van der Waals surface area contributed by atoms with Gasteiger partial charge in [-0.3, -0.25) is 14.2 Å². The highest BCUT2D eigenvalue weighted by Gasteiger charge is 2.21. The molecule has 0 unspecified atom stereocenters. The molecule has 0 aliphatic heterocycles. The number of aromatic nitrogens is 3. The molecule has 0 spiro atoms. The van der Waals surface area contributed by atoms with Gasteiger partial charge in [-0.2, -0.15) is 5.10 Å². The Bertz CT molecular complexity index is 1390. The molecule has 0 radical (unpaired) electrons. The van der Waals surface area contributed by atoms with Crippen LogP contribution in [0.3, 0.4) is 0 Å². The zero-order valence-corrected chi connectivity index (χ0v) is 19.9. The molecule has 0 fully saturated rings. The number of rotatable bonds is 6. The lowest BCUT2D eigenvalue weighted by molar-refractivity contribution is -0.116. The molecule has 2 aromatic heterocycles. The van der Waals surface area contributed by atoms with Crippen molar-refractivity contribution >= 4 is 22.6 Å². The van der Waals surface area contributed by atoms with E-state index in [1.807, 2.05) is 87.8 Å². The highest BCUT2D eigenvalue weighted by atomic mass is 16.1. The SMILES string of the molecule is CCn1c(=O)c(CCC(=O)Nc2cccc(C)c2)c(C)c2c(C)nn(-c3ccc(C)cc3)c21. The second-order valence-corrected chi connectivity index (χ2v) is 8.60. The number of benzene rings is 2. The molecule has 33 heavy (non-hydrogen) atoms. The van der Waals surface area contributed by atoms with Crippen molar-refractivity contribution in [3.8, 4) is 5.69 Å². The summed E-state index contributed by atoms with van der Waals surface area (Å²) >= 11 is 0. The summed E-state index contributed by atoms with van der Waals surface area (Å²) in [5.74, 6) is -0.102. The molecule has 1 amide bonds. The van der Waals surface area contributed by atoms with Gasteiger partial charge in [-0.15, -0.1) is 0 Å². The summed E-state index contributed by atoms with van der Waals surface area (Å²) in [6.45, 7) is 10.5. The zero-order chi connectivity index (χ0) is 23.7. The molecule has 0 saturated heterocycles. The van der Waals surface area contributed by atoms with Crippen LogP contribution in [0.2, 0.25) is 0 Å². The Hall–Kier alpha value is -3.67. The Labute approximate surface area is 193 Å². The molecule has 4 rings (SSSR count). The molecule has 4 aromatic rings. The first-order chi connectivity index (χ1) is 15.8. The van der Waals surface area contributed by atoms with Crippen molar-refractivity contribution in [3.63, 3.8) is 0 Å². The number of pyridine rings is 1. The van der Waals surface area contributed by atoms with Gasteiger partial charge >= 0.3 is 0 Å². The monoisotopic (exact) mass is 442 g/mol. The number of carbonyl (C=O) groups is 1. The Kier molecular flexibility index (Phi) is 6.18. The Morgan fingerprint density at radius 2 is 1.73 bits per heavy atom. The van der Waals surface area contributed by atoms with Gasteiger partial charge in [-0.25, -0.2) is 4.68 Å².